The number of thiophene rings is 1. The summed E-state index contributed by atoms with van der Waals surface area (Å²) < 4.78 is 0.335. The minimum atomic E-state index is 0.335. The molecule has 3 rings (SSSR count). The first kappa shape index (κ1) is 15.4. The lowest BCUT2D eigenvalue weighted by atomic mass is 10.4. The van der Waals surface area contributed by atoms with Gasteiger partial charge in [0, 0.05) is 28.1 Å². The number of hydrogen-bond acceptors (Lipinski definition) is 3. The van der Waals surface area contributed by atoms with Crippen molar-refractivity contribution >= 4 is 29.1 Å². The molecule has 3 nitrogen and oxygen atoms in total. The molecule has 0 aliphatic heterocycles. The summed E-state index contributed by atoms with van der Waals surface area (Å²) in [6.45, 7) is 1.78. The molecule has 1 saturated carbocycles. The van der Waals surface area contributed by atoms with E-state index in [2.05, 4.69) is 63.5 Å². The lowest BCUT2D eigenvalue weighted by Gasteiger charge is -2.18. The van der Waals surface area contributed by atoms with Crippen LogP contribution in [0.15, 0.2) is 57.7 Å². The van der Waals surface area contributed by atoms with Crippen molar-refractivity contribution in [3.8, 4) is 0 Å². The van der Waals surface area contributed by atoms with E-state index in [1.165, 1.54) is 22.6 Å². The molecule has 0 saturated heterocycles. The third-order valence-corrected chi connectivity index (χ3v) is 6.07. The average molecular weight is 332 g/mol. The number of aliphatic imine (C=N–C) groups is 1. The van der Waals surface area contributed by atoms with Crippen LogP contribution in [0, 0.1) is 0 Å². The molecule has 1 heterocycles. The van der Waals surface area contributed by atoms with Crippen molar-refractivity contribution in [2.45, 2.75) is 29.0 Å². The van der Waals surface area contributed by atoms with Crippen LogP contribution in [0.25, 0.3) is 0 Å². The summed E-state index contributed by atoms with van der Waals surface area (Å²) in [4.78, 5) is 6.99. The molecule has 116 valence electrons. The lowest BCUT2D eigenvalue weighted by molar-refractivity contribution is 0.769. The van der Waals surface area contributed by atoms with Gasteiger partial charge in [0.15, 0.2) is 5.96 Å². The van der Waals surface area contributed by atoms with Crippen molar-refractivity contribution < 1.29 is 0 Å². The summed E-state index contributed by atoms with van der Waals surface area (Å²) in [5.41, 5.74) is 0. The minimum absolute atomic E-state index is 0.335. The third-order valence-electron chi connectivity index (χ3n) is 3.70. The molecular weight excluding hydrogens is 310 g/mol. The monoisotopic (exact) mass is 331 g/mol. The Balaban J connectivity index is 1.48. The van der Waals surface area contributed by atoms with Crippen LogP contribution in [0.5, 0.6) is 0 Å². The Morgan fingerprint density at radius 3 is 2.64 bits per heavy atom. The first-order valence-electron chi connectivity index (χ1n) is 7.51. The van der Waals surface area contributed by atoms with Gasteiger partial charge in [-0.15, -0.1) is 23.1 Å². The largest absolute Gasteiger partial charge is 0.355 e. The van der Waals surface area contributed by atoms with Crippen LogP contribution in [0.2, 0.25) is 0 Å². The lowest BCUT2D eigenvalue weighted by Crippen LogP contribution is -2.40. The predicted molar refractivity (Wildman–Crippen MR) is 96.8 cm³/mol. The molecule has 0 bridgehead atoms. The maximum atomic E-state index is 4.32. The summed E-state index contributed by atoms with van der Waals surface area (Å²) in [5.74, 6) is 0.883. The zero-order valence-corrected chi connectivity index (χ0v) is 14.3. The fraction of sp³-hybridized carbons (Fsp3) is 0.353. The Morgan fingerprint density at radius 2 is 2.00 bits per heavy atom. The molecule has 5 heteroatoms. The van der Waals surface area contributed by atoms with Crippen LogP contribution < -0.4 is 10.6 Å². The number of nitrogens with zero attached hydrogens (tertiary/aromatic N) is 1. The van der Waals surface area contributed by atoms with E-state index in [1.54, 1.807) is 11.3 Å². The van der Waals surface area contributed by atoms with Gasteiger partial charge < -0.3 is 10.6 Å². The van der Waals surface area contributed by atoms with Crippen molar-refractivity contribution in [1.82, 2.24) is 10.6 Å². The molecular formula is C17H21N3S2. The number of rotatable bonds is 6. The molecule has 0 atom stereocenters. The van der Waals surface area contributed by atoms with Crippen LogP contribution in [0.1, 0.15) is 17.7 Å². The molecule has 0 radical (unpaired) electrons. The van der Waals surface area contributed by atoms with Crippen LogP contribution in [0.3, 0.4) is 0 Å². The van der Waals surface area contributed by atoms with E-state index < -0.39 is 0 Å². The second-order valence-corrected chi connectivity index (χ2v) is 8.03. The highest BCUT2D eigenvalue weighted by Crippen LogP contribution is 2.51. The van der Waals surface area contributed by atoms with E-state index in [-0.39, 0.29) is 0 Å². The van der Waals surface area contributed by atoms with Crippen LogP contribution in [-0.2, 0) is 6.54 Å². The van der Waals surface area contributed by atoms with Gasteiger partial charge in [-0.25, -0.2) is 0 Å². The topological polar surface area (TPSA) is 36.4 Å². The van der Waals surface area contributed by atoms with Crippen molar-refractivity contribution in [1.29, 1.82) is 0 Å². The van der Waals surface area contributed by atoms with E-state index in [9.17, 15) is 0 Å². The molecule has 22 heavy (non-hydrogen) atoms. The van der Waals surface area contributed by atoms with Crippen molar-refractivity contribution in [2.75, 3.05) is 13.6 Å². The normalized spacial score (nSPS) is 16.3. The summed E-state index contributed by atoms with van der Waals surface area (Å²) >= 11 is 3.75. The maximum Gasteiger partial charge on any atom is 0.191 e. The highest BCUT2D eigenvalue weighted by atomic mass is 32.2. The van der Waals surface area contributed by atoms with Crippen LogP contribution in [0.4, 0.5) is 0 Å². The van der Waals surface area contributed by atoms with E-state index in [4.69, 9.17) is 0 Å². The van der Waals surface area contributed by atoms with Gasteiger partial charge in [-0.1, -0.05) is 24.3 Å². The highest BCUT2D eigenvalue weighted by Gasteiger charge is 2.43. The van der Waals surface area contributed by atoms with E-state index >= 15 is 0 Å². The number of guanidine groups is 1. The fourth-order valence-electron chi connectivity index (χ4n) is 2.24. The molecule has 1 aromatic heterocycles. The molecule has 1 aliphatic rings. The van der Waals surface area contributed by atoms with E-state index in [0.29, 0.717) is 4.75 Å². The first-order valence-corrected chi connectivity index (χ1v) is 9.20. The molecule has 0 unspecified atom stereocenters. The Labute approximate surface area is 140 Å². The summed E-state index contributed by atoms with van der Waals surface area (Å²) in [5, 5.41) is 8.95. The van der Waals surface area contributed by atoms with Crippen molar-refractivity contribution in [3.05, 3.63) is 52.7 Å². The zero-order valence-electron chi connectivity index (χ0n) is 12.7. The Bertz CT molecular complexity index is 604. The summed E-state index contributed by atoms with van der Waals surface area (Å²) in [7, 11) is 1.83. The summed E-state index contributed by atoms with van der Waals surface area (Å²) in [6, 6.07) is 14.9. The Morgan fingerprint density at radius 1 is 1.18 bits per heavy atom. The quantitative estimate of drug-likeness (QED) is 0.625. The molecule has 2 N–H and O–H groups in total. The molecule has 0 amide bonds. The van der Waals surface area contributed by atoms with Crippen LogP contribution in [-0.4, -0.2) is 24.3 Å². The molecule has 1 aliphatic carbocycles. The van der Waals surface area contributed by atoms with Crippen molar-refractivity contribution in [3.63, 3.8) is 0 Å². The number of thioether (sulfide) groups is 1. The standard InChI is InChI=1S/C17H21N3S2/c1-18-16(19-12-15-8-5-11-21-15)20-13-17(9-10-17)22-14-6-3-2-4-7-14/h2-8,11H,9-10,12-13H2,1H3,(H2,18,19,20). The van der Waals surface area contributed by atoms with Gasteiger partial charge in [0.2, 0.25) is 0 Å². The number of hydrogen-bond donors (Lipinski definition) is 2. The Hall–Kier alpha value is -1.46. The second-order valence-electron chi connectivity index (χ2n) is 5.46. The Kier molecular flexibility index (Phi) is 5.05. The van der Waals surface area contributed by atoms with E-state index in [1.807, 2.05) is 18.8 Å². The van der Waals surface area contributed by atoms with Gasteiger partial charge in [-0.2, -0.15) is 0 Å². The smallest absolute Gasteiger partial charge is 0.191 e. The molecule has 2 aromatic rings. The van der Waals surface area contributed by atoms with Gasteiger partial charge in [-0.3, -0.25) is 4.99 Å². The highest BCUT2D eigenvalue weighted by molar-refractivity contribution is 8.01. The number of benzene rings is 1. The summed E-state index contributed by atoms with van der Waals surface area (Å²) in [6.07, 6.45) is 2.53. The van der Waals surface area contributed by atoms with Gasteiger partial charge >= 0.3 is 0 Å². The van der Waals surface area contributed by atoms with Crippen LogP contribution >= 0.6 is 23.1 Å². The fourth-order valence-corrected chi connectivity index (χ4v) is 4.13. The average Bonchev–Trinajstić information content (AvgIpc) is 3.11. The van der Waals surface area contributed by atoms with Crippen molar-refractivity contribution in [2.24, 2.45) is 4.99 Å². The molecule has 1 fully saturated rings. The van der Waals surface area contributed by atoms with E-state index in [0.717, 1.165) is 19.0 Å². The van der Waals surface area contributed by atoms with Gasteiger partial charge in [-0.05, 0) is 36.4 Å². The maximum absolute atomic E-state index is 4.32. The minimum Gasteiger partial charge on any atom is -0.355 e. The van der Waals surface area contributed by atoms with Gasteiger partial charge in [0.1, 0.15) is 0 Å². The van der Waals surface area contributed by atoms with Gasteiger partial charge in [0.05, 0.1) is 6.54 Å². The molecule has 1 aromatic carbocycles. The third kappa shape index (κ3) is 4.27. The second kappa shape index (κ2) is 7.20. The molecule has 0 spiro atoms. The van der Waals surface area contributed by atoms with Gasteiger partial charge in [0.25, 0.3) is 0 Å². The zero-order chi connectivity index (χ0) is 15.3. The first-order chi connectivity index (χ1) is 10.8. The SMILES string of the molecule is CN=C(NCc1cccs1)NCC1(Sc2ccccc2)CC1. The number of nitrogens with one attached hydrogen (secondary N) is 2. The predicted octanol–water partition coefficient (Wildman–Crippen LogP) is 3.74.